The van der Waals surface area contributed by atoms with E-state index in [4.69, 9.17) is 0 Å². The van der Waals surface area contributed by atoms with Crippen LogP contribution in [0.25, 0.3) is 0 Å². The molecule has 98 valence electrons. The number of nitrogens with one attached hydrogen (secondary N) is 2. The van der Waals surface area contributed by atoms with Crippen molar-refractivity contribution >= 4 is 17.5 Å². The van der Waals surface area contributed by atoms with Crippen LogP contribution >= 0.6 is 0 Å². The highest BCUT2D eigenvalue weighted by atomic mass is 16.1. The van der Waals surface area contributed by atoms with Crippen molar-refractivity contribution in [2.75, 3.05) is 17.7 Å². The van der Waals surface area contributed by atoms with Crippen molar-refractivity contribution in [3.63, 3.8) is 0 Å². The van der Waals surface area contributed by atoms with Gasteiger partial charge in [0.1, 0.15) is 0 Å². The number of anilines is 2. The van der Waals surface area contributed by atoms with Gasteiger partial charge in [0.25, 0.3) is 5.91 Å². The lowest BCUT2D eigenvalue weighted by Gasteiger charge is -2.08. The zero-order valence-corrected chi connectivity index (χ0v) is 11.1. The smallest absolute Gasteiger partial charge is 0.261 e. The Morgan fingerprint density at radius 3 is 2.53 bits per heavy atom. The number of amides is 1. The largest absolute Gasteiger partial charge is 0.387 e. The van der Waals surface area contributed by atoms with Crippen molar-refractivity contribution in [2.45, 2.75) is 13.8 Å². The molecule has 6 heteroatoms. The fraction of sp³-hybridized carbons (Fsp3) is 0.231. The molecule has 0 aliphatic carbocycles. The van der Waals surface area contributed by atoms with Gasteiger partial charge in [-0.15, -0.1) is 0 Å². The van der Waals surface area contributed by atoms with E-state index in [1.165, 1.54) is 6.20 Å². The van der Waals surface area contributed by atoms with Gasteiger partial charge in [0.15, 0.2) is 0 Å². The molecule has 1 amide bonds. The third-order valence-electron chi connectivity index (χ3n) is 2.54. The Hall–Kier alpha value is -2.50. The summed E-state index contributed by atoms with van der Waals surface area (Å²) in [6, 6.07) is 3.58. The molecule has 2 rings (SSSR count). The maximum Gasteiger partial charge on any atom is 0.261 e. The summed E-state index contributed by atoms with van der Waals surface area (Å²) in [5.74, 6) is 0.0101. The Kier molecular flexibility index (Phi) is 3.70. The van der Waals surface area contributed by atoms with Crippen molar-refractivity contribution in [1.29, 1.82) is 0 Å². The minimum Gasteiger partial charge on any atom is -0.387 e. The van der Waals surface area contributed by atoms with Crippen molar-refractivity contribution in [2.24, 2.45) is 0 Å². The van der Waals surface area contributed by atoms with Crippen LogP contribution in [0.1, 0.15) is 21.7 Å². The number of carbonyl (C=O) groups is 1. The first-order chi connectivity index (χ1) is 9.10. The lowest BCUT2D eigenvalue weighted by Crippen LogP contribution is -2.16. The number of aromatic nitrogens is 3. The number of hydrogen-bond donors (Lipinski definition) is 2. The molecule has 2 N–H and O–H groups in total. The predicted molar refractivity (Wildman–Crippen MR) is 73.2 cm³/mol. The van der Waals surface area contributed by atoms with E-state index in [0.717, 1.165) is 11.4 Å². The molecule has 2 heterocycles. The molecule has 0 radical (unpaired) electrons. The molecule has 0 bridgehead atoms. The van der Waals surface area contributed by atoms with Crippen molar-refractivity contribution in [3.05, 3.63) is 41.5 Å². The van der Waals surface area contributed by atoms with Gasteiger partial charge in [-0.25, -0.2) is 9.97 Å². The van der Waals surface area contributed by atoms with Crippen molar-refractivity contribution in [1.82, 2.24) is 15.0 Å². The van der Waals surface area contributed by atoms with Crippen LogP contribution in [0.4, 0.5) is 11.6 Å². The lowest BCUT2D eigenvalue weighted by molar-refractivity contribution is 0.102. The highest BCUT2D eigenvalue weighted by Gasteiger charge is 2.12. The summed E-state index contributed by atoms with van der Waals surface area (Å²) in [4.78, 5) is 24.4. The lowest BCUT2D eigenvalue weighted by atomic mass is 10.2. The second-order valence-electron chi connectivity index (χ2n) is 4.10. The molecule has 2 aromatic heterocycles. The SMILES string of the molecule is CNc1ccncc1C(=O)Nc1nc(C)cc(C)n1. The summed E-state index contributed by atoms with van der Waals surface area (Å²) < 4.78 is 0. The van der Waals surface area contributed by atoms with Gasteiger partial charge in [-0.3, -0.25) is 15.1 Å². The topological polar surface area (TPSA) is 79.8 Å². The third kappa shape index (κ3) is 3.04. The van der Waals surface area contributed by atoms with Crippen LogP contribution in [0.5, 0.6) is 0 Å². The molecular formula is C13H15N5O. The van der Waals surface area contributed by atoms with E-state index in [1.54, 1.807) is 19.3 Å². The Labute approximate surface area is 111 Å². The molecule has 0 fully saturated rings. The van der Waals surface area contributed by atoms with E-state index in [-0.39, 0.29) is 5.91 Å². The number of rotatable bonds is 3. The van der Waals surface area contributed by atoms with Gasteiger partial charge >= 0.3 is 0 Å². The molecule has 6 nitrogen and oxygen atoms in total. The Morgan fingerprint density at radius 1 is 1.21 bits per heavy atom. The van der Waals surface area contributed by atoms with Crippen LogP contribution in [0.2, 0.25) is 0 Å². The maximum atomic E-state index is 12.1. The molecule has 19 heavy (non-hydrogen) atoms. The number of hydrogen-bond acceptors (Lipinski definition) is 5. The molecule has 0 saturated heterocycles. The van der Waals surface area contributed by atoms with Gasteiger partial charge in [-0.05, 0) is 26.0 Å². The van der Waals surface area contributed by atoms with E-state index in [9.17, 15) is 4.79 Å². The minimum atomic E-state index is -0.289. The van der Waals surface area contributed by atoms with Crippen LogP contribution in [0, 0.1) is 13.8 Å². The molecular weight excluding hydrogens is 242 g/mol. The standard InChI is InChI=1S/C13H15N5O/c1-8-6-9(2)17-13(16-8)18-12(19)10-7-15-5-4-11(10)14-3/h4-7H,1-3H3,(H,14,15)(H,16,17,18,19). The van der Waals surface area contributed by atoms with Gasteiger partial charge in [0.2, 0.25) is 5.95 Å². The normalized spacial score (nSPS) is 10.1. The van der Waals surface area contributed by atoms with Crippen LogP contribution in [-0.2, 0) is 0 Å². The van der Waals surface area contributed by atoms with Crippen LogP contribution in [-0.4, -0.2) is 27.9 Å². The molecule has 0 saturated carbocycles. The summed E-state index contributed by atoms with van der Waals surface area (Å²) >= 11 is 0. The Morgan fingerprint density at radius 2 is 1.89 bits per heavy atom. The first-order valence-electron chi connectivity index (χ1n) is 5.85. The van der Waals surface area contributed by atoms with E-state index >= 15 is 0 Å². The fourth-order valence-corrected chi connectivity index (χ4v) is 1.74. The van der Waals surface area contributed by atoms with Crippen molar-refractivity contribution in [3.8, 4) is 0 Å². The number of nitrogens with zero attached hydrogens (tertiary/aromatic N) is 3. The first-order valence-corrected chi connectivity index (χ1v) is 5.85. The second kappa shape index (κ2) is 5.43. The minimum absolute atomic E-state index is 0.289. The molecule has 0 aromatic carbocycles. The van der Waals surface area contributed by atoms with Crippen LogP contribution in [0.15, 0.2) is 24.5 Å². The molecule has 0 atom stereocenters. The van der Waals surface area contributed by atoms with Gasteiger partial charge < -0.3 is 5.32 Å². The Bertz CT molecular complexity index is 591. The molecule has 0 unspecified atom stereocenters. The quantitative estimate of drug-likeness (QED) is 0.876. The number of pyridine rings is 1. The molecule has 2 aromatic rings. The average Bonchev–Trinajstić information content (AvgIpc) is 2.37. The molecule has 0 aliphatic rings. The number of carbonyl (C=O) groups excluding carboxylic acids is 1. The first kappa shape index (κ1) is 12.9. The van der Waals surface area contributed by atoms with E-state index in [1.807, 2.05) is 19.9 Å². The molecule has 0 spiro atoms. The van der Waals surface area contributed by atoms with Gasteiger partial charge in [0, 0.05) is 36.5 Å². The van der Waals surface area contributed by atoms with Crippen LogP contribution < -0.4 is 10.6 Å². The summed E-state index contributed by atoms with van der Waals surface area (Å²) in [6.07, 6.45) is 3.12. The zero-order chi connectivity index (χ0) is 13.8. The van der Waals surface area contributed by atoms with Crippen LogP contribution in [0.3, 0.4) is 0 Å². The van der Waals surface area contributed by atoms with E-state index in [0.29, 0.717) is 17.2 Å². The molecule has 0 aliphatic heterocycles. The van der Waals surface area contributed by atoms with Gasteiger partial charge in [-0.2, -0.15) is 0 Å². The Balaban J connectivity index is 2.25. The highest BCUT2D eigenvalue weighted by molar-refractivity contribution is 6.06. The fourth-order valence-electron chi connectivity index (χ4n) is 1.74. The van der Waals surface area contributed by atoms with E-state index in [2.05, 4.69) is 25.6 Å². The summed E-state index contributed by atoms with van der Waals surface area (Å²) in [5, 5.41) is 5.62. The maximum absolute atomic E-state index is 12.1. The van der Waals surface area contributed by atoms with Gasteiger partial charge in [0.05, 0.1) is 5.56 Å². The zero-order valence-electron chi connectivity index (χ0n) is 11.1. The summed E-state index contributed by atoms with van der Waals surface area (Å²) in [7, 11) is 1.75. The van der Waals surface area contributed by atoms with Crippen molar-refractivity contribution < 1.29 is 4.79 Å². The predicted octanol–water partition coefficient (Wildman–Crippen LogP) is 1.78. The van der Waals surface area contributed by atoms with E-state index < -0.39 is 0 Å². The highest BCUT2D eigenvalue weighted by Crippen LogP contribution is 2.14. The monoisotopic (exact) mass is 257 g/mol. The number of aryl methyl sites for hydroxylation is 2. The third-order valence-corrected chi connectivity index (χ3v) is 2.54. The second-order valence-corrected chi connectivity index (χ2v) is 4.10. The van der Waals surface area contributed by atoms with Gasteiger partial charge in [-0.1, -0.05) is 0 Å². The average molecular weight is 257 g/mol. The summed E-state index contributed by atoms with van der Waals surface area (Å²) in [5.41, 5.74) is 2.77. The summed E-state index contributed by atoms with van der Waals surface area (Å²) in [6.45, 7) is 3.71.